The molecule has 0 aliphatic carbocycles. The summed E-state index contributed by atoms with van der Waals surface area (Å²) in [6.45, 7) is 6.28. The van der Waals surface area contributed by atoms with Gasteiger partial charge in [0.05, 0.1) is 5.56 Å². The molecule has 1 N–H and O–H groups in total. The zero-order valence-electron chi connectivity index (χ0n) is 15.0. The summed E-state index contributed by atoms with van der Waals surface area (Å²) in [5, 5.41) is 2.80. The molecule has 0 bridgehead atoms. The molecule has 1 heterocycles. The number of alkyl halides is 3. The van der Waals surface area contributed by atoms with Crippen molar-refractivity contribution in [1.29, 1.82) is 0 Å². The van der Waals surface area contributed by atoms with Crippen LogP contribution in [0.25, 0.3) is 0 Å². The summed E-state index contributed by atoms with van der Waals surface area (Å²) in [6, 6.07) is 3.96. The van der Waals surface area contributed by atoms with Gasteiger partial charge in [-0.3, -0.25) is 4.79 Å². The minimum atomic E-state index is -4.43. The number of halogens is 3. The van der Waals surface area contributed by atoms with E-state index in [2.05, 4.69) is 5.32 Å². The van der Waals surface area contributed by atoms with E-state index in [4.69, 9.17) is 4.74 Å². The molecule has 2 amide bonds. The van der Waals surface area contributed by atoms with Crippen LogP contribution in [0.5, 0.6) is 0 Å². The number of nitrogens with one attached hydrogen (secondary N) is 1. The van der Waals surface area contributed by atoms with Crippen molar-refractivity contribution >= 4 is 12.0 Å². The zero-order chi connectivity index (χ0) is 19.5. The smallest absolute Gasteiger partial charge is 0.416 e. The van der Waals surface area contributed by atoms with Crippen LogP contribution in [0.3, 0.4) is 0 Å². The fourth-order valence-electron chi connectivity index (χ4n) is 2.61. The van der Waals surface area contributed by atoms with Crippen LogP contribution in [0, 0.1) is 0 Å². The molecule has 1 aromatic rings. The molecule has 1 aromatic carbocycles. The topological polar surface area (TPSA) is 58.6 Å². The molecule has 1 aliphatic heterocycles. The van der Waals surface area contributed by atoms with Crippen LogP contribution in [0.15, 0.2) is 24.3 Å². The van der Waals surface area contributed by atoms with Gasteiger partial charge in [0.15, 0.2) is 0 Å². The Morgan fingerprint density at radius 3 is 2.08 bits per heavy atom. The van der Waals surface area contributed by atoms with Crippen molar-refractivity contribution < 1.29 is 27.5 Å². The van der Waals surface area contributed by atoms with Crippen LogP contribution in [-0.4, -0.2) is 41.6 Å². The molecule has 1 saturated heterocycles. The van der Waals surface area contributed by atoms with E-state index < -0.39 is 23.2 Å². The highest BCUT2D eigenvalue weighted by molar-refractivity contribution is 5.94. The van der Waals surface area contributed by atoms with Crippen LogP contribution >= 0.6 is 0 Å². The normalized spacial score (nSPS) is 16.3. The Kier molecular flexibility index (Phi) is 5.83. The Bertz CT molecular complexity index is 643. The summed E-state index contributed by atoms with van der Waals surface area (Å²) in [4.78, 5) is 25.8. The molecule has 1 aliphatic rings. The van der Waals surface area contributed by atoms with Gasteiger partial charge in [0.2, 0.25) is 0 Å². The van der Waals surface area contributed by atoms with Crippen LogP contribution in [0.2, 0.25) is 0 Å². The van der Waals surface area contributed by atoms with Crippen molar-refractivity contribution in [1.82, 2.24) is 10.2 Å². The second-order valence-corrected chi connectivity index (χ2v) is 7.29. The van der Waals surface area contributed by atoms with E-state index in [-0.39, 0.29) is 17.7 Å². The minimum absolute atomic E-state index is 0.136. The van der Waals surface area contributed by atoms with Gasteiger partial charge in [-0.1, -0.05) is 0 Å². The van der Waals surface area contributed by atoms with Gasteiger partial charge in [-0.05, 0) is 57.9 Å². The van der Waals surface area contributed by atoms with E-state index in [1.807, 2.05) is 0 Å². The highest BCUT2D eigenvalue weighted by Crippen LogP contribution is 2.29. The zero-order valence-corrected chi connectivity index (χ0v) is 15.0. The minimum Gasteiger partial charge on any atom is -0.444 e. The number of amides is 2. The van der Waals surface area contributed by atoms with Crippen LogP contribution < -0.4 is 5.32 Å². The Morgan fingerprint density at radius 1 is 1.08 bits per heavy atom. The maximum Gasteiger partial charge on any atom is 0.416 e. The number of hydrogen-bond acceptors (Lipinski definition) is 3. The third kappa shape index (κ3) is 5.64. The van der Waals surface area contributed by atoms with Crippen LogP contribution in [0.1, 0.15) is 49.5 Å². The molecule has 5 nitrogen and oxygen atoms in total. The number of likely N-dealkylation sites (tertiary alicyclic amines) is 1. The summed E-state index contributed by atoms with van der Waals surface area (Å²) in [5.74, 6) is -0.422. The first-order valence-electron chi connectivity index (χ1n) is 8.42. The molecule has 8 heteroatoms. The van der Waals surface area contributed by atoms with Crippen LogP contribution in [-0.2, 0) is 10.9 Å². The molecule has 0 aromatic heterocycles. The third-order valence-corrected chi connectivity index (χ3v) is 3.96. The van der Waals surface area contributed by atoms with Gasteiger partial charge >= 0.3 is 12.3 Å². The molecule has 1 fully saturated rings. The number of carbonyl (C=O) groups excluding carboxylic acids is 2. The second kappa shape index (κ2) is 7.55. The molecular weight excluding hydrogens is 349 g/mol. The lowest BCUT2D eigenvalue weighted by atomic mass is 10.0. The van der Waals surface area contributed by atoms with Gasteiger partial charge in [-0.15, -0.1) is 0 Å². The Morgan fingerprint density at radius 2 is 1.62 bits per heavy atom. The molecule has 2 rings (SSSR count). The van der Waals surface area contributed by atoms with Crippen LogP contribution in [0.4, 0.5) is 18.0 Å². The fraction of sp³-hybridized carbons (Fsp3) is 0.556. The monoisotopic (exact) mass is 372 g/mol. The lowest BCUT2D eigenvalue weighted by Crippen LogP contribution is -2.47. The Labute approximate surface area is 150 Å². The first-order chi connectivity index (χ1) is 12.0. The summed E-state index contributed by atoms with van der Waals surface area (Å²) in [6.07, 6.45) is -3.69. The summed E-state index contributed by atoms with van der Waals surface area (Å²) < 4.78 is 43.0. The molecular formula is C18H23F3N2O3. The van der Waals surface area contributed by atoms with Crippen molar-refractivity contribution in [3.8, 4) is 0 Å². The maximum atomic E-state index is 12.6. The Hall–Kier alpha value is -2.25. The molecule has 0 radical (unpaired) electrons. The highest BCUT2D eigenvalue weighted by Gasteiger charge is 2.31. The number of ether oxygens (including phenoxy) is 1. The number of piperidine rings is 1. The van der Waals surface area contributed by atoms with E-state index in [9.17, 15) is 22.8 Å². The number of benzene rings is 1. The fourth-order valence-corrected chi connectivity index (χ4v) is 2.61. The molecule has 0 spiro atoms. The SMILES string of the molecule is CC(C)(C)OC(=O)N1CCC(NC(=O)c2ccc(C(F)(F)F)cc2)CC1. The average Bonchev–Trinajstić information content (AvgIpc) is 2.53. The van der Waals surface area contributed by atoms with E-state index in [0.29, 0.717) is 25.9 Å². The van der Waals surface area contributed by atoms with Crippen molar-refractivity contribution in [3.05, 3.63) is 35.4 Å². The lowest BCUT2D eigenvalue weighted by Gasteiger charge is -2.33. The summed E-state index contributed by atoms with van der Waals surface area (Å²) in [7, 11) is 0. The molecule has 0 unspecified atom stereocenters. The number of carbonyl (C=O) groups is 2. The van der Waals surface area contributed by atoms with Gasteiger partial charge in [0, 0.05) is 24.7 Å². The third-order valence-electron chi connectivity index (χ3n) is 3.96. The maximum absolute atomic E-state index is 12.6. The van der Waals surface area contributed by atoms with Gasteiger partial charge in [-0.25, -0.2) is 4.79 Å². The molecule has 0 saturated carbocycles. The number of nitrogens with zero attached hydrogens (tertiary/aromatic N) is 1. The first-order valence-corrected chi connectivity index (χ1v) is 8.42. The molecule has 26 heavy (non-hydrogen) atoms. The van der Waals surface area contributed by atoms with E-state index in [1.54, 1.807) is 25.7 Å². The van der Waals surface area contributed by atoms with Crippen molar-refractivity contribution in [3.63, 3.8) is 0 Å². The standard InChI is InChI=1S/C18H23F3N2O3/c1-17(2,3)26-16(25)23-10-8-14(9-11-23)22-15(24)12-4-6-13(7-5-12)18(19,20)21/h4-7,14H,8-11H2,1-3H3,(H,22,24). The predicted molar refractivity (Wildman–Crippen MR) is 89.7 cm³/mol. The van der Waals surface area contributed by atoms with Gasteiger partial charge in [0.1, 0.15) is 5.60 Å². The summed E-state index contributed by atoms with van der Waals surface area (Å²) >= 11 is 0. The Balaban J connectivity index is 1.85. The quantitative estimate of drug-likeness (QED) is 0.858. The van der Waals surface area contributed by atoms with Gasteiger partial charge < -0.3 is 15.0 Å². The highest BCUT2D eigenvalue weighted by atomic mass is 19.4. The predicted octanol–water partition coefficient (Wildman–Crippen LogP) is 3.83. The van der Waals surface area contributed by atoms with Crippen molar-refractivity contribution in [2.24, 2.45) is 0 Å². The van der Waals surface area contributed by atoms with Gasteiger partial charge in [-0.2, -0.15) is 13.2 Å². The molecule has 0 atom stereocenters. The summed E-state index contributed by atoms with van der Waals surface area (Å²) in [5.41, 5.74) is -1.18. The van der Waals surface area contributed by atoms with Crippen molar-refractivity contribution in [2.75, 3.05) is 13.1 Å². The second-order valence-electron chi connectivity index (χ2n) is 7.29. The van der Waals surface area contributed by atoms with Crippen molar-refractivity contribution in [2.45, 2.75) is 51.4 Å². The van der Waals surface area contributed by atoms with E-state index in [0.717, 1.165) is 24.3 Å². The lowest BCUT2D eigenvalue weighted by molar-refractivity contribution is -0.137. The largest absolute Gasteiger partial charge is 0.444 e. The number of rotatable bonds is 2. The van der Waals surface area contributed by atoms with Gasteiger partial charge in [0.25, 0.3) is 5.91 Å². The molecule has 144 valence electrons. The average molecular weight is 372 g/mol. The van der Waals surface area contributed by atoms with E-state index in [1.165, 1.54) is 0 Å². The number of hydrogen-bond donors (Lipinski definition) is 1. The van der Waals surface area contributed by atoms with E-state index >= 15 is 0 Å². The first kappa shape index (κ1) is 20.1.